The summed E-state index contributed by atoms with van der Waals surface area (Å²) in [5.74, 6) is 0. The molecular weight excluding hydrogens is 387 g/mol. The quantitative estimate of drug-likeness (QED) is 0.303. The van der Waals surface area contributed by atoms with Gasteiger partial charge in [-0.15, -0.1) is 0 Å². The van der Waals surface area contributed by atoms with Gasteiger partial charge in [0.15, 0.2) is 0 Å². The van der Waals surface area contributed by atoms with Crippen LogP contribution in [0, 0.1) is 0 Å². The molecule has 0 heterocycles. The SMILES string of the molecule is CCCC[PH](CCCC)(CCCC)CCCC.Nc1ccc(S(N)(=O)=O)cc1. The van der Waals surface area contributed by atoms with Crippen LogP contribution in [0.5, 0.6) is 0 Å². The Morgan fingerprint density at radius 2 is 1.04 bits per heavy atom. The Balaban J connectivity index is 0.000000567. The van der Waals surface area contributed by atoms with E-state index in [-0.39, 0.29) is 4.90 Å². The fourth-order valence-corrected chi connectivity index (χ4v) is 10.0. The van der Waals surface area contributed by atoms with E-state index < -0.39 is 17.3 Å². The minimum absolute atomic E-state index is 0.0756. The third kappa shape index (κ3) is 12.0. The molecule has 0 amide bonds. The Bertz CT molecular complexity index is 566. The van der Waals surface area contributed by atoms with Crippen molar-refractivity contribution in [2.24, 2.45) is 5.14 Å². The zero-order chi connectivity index (χ0) is 21.5. The van der Waals surface area contributed by atoms with Crippen LogP contribution in [0.15, 0.2) is 29.2 Å². The molecule has 0 atom stereocenters. The molecule has 1 rings (SSSR count). The first-order valence-corrected chi connectivity index (χ1v) is 15.5. The molecule has 0 saturated heterocycles. The van der Waals surface area contributed by atoms with E-state index in [0.717, 1.165) is 0 Å². The van der Waals surface area contributed by atoms with Crippen molar-refractivity contribution < 1.29 is 8.42 Å². The standard InChI is InChI=1S/C16H37P.C6H8N2O2S/c1-5-9-13-17(14-10-6-2,15-11-7-3)16-12-8-4;7-5-1-3-6(4-2-5)11(8,9)10/h17H,5-16H2,1-4H3;1-4H,7H2,(H2,8,9,10). The molecule has 0 aliphatic heterocycles. The van der Waals surface area contributed by atoms with Crippen LogP contribution in [-0.2, 0) is 10.0 Å². The van der Waals surface area contributed by atoms with Gasteiger partial charge in [0, 0.05) is 5.69 Å². The molecule has 4 N–H and O–H groups in total. The molecule has 0 aliphatic carbocycles. The van der Waals surface area contributed by atoms with Gasteiger partial charge >= 0.3 is 111 Å². The molecule has 0 aliphatic rings. The van der Waals surface area contributed by atoms with Crippen LogP contribution in [0.3, 0.4) is 0 Å². The van der Waals surface area contributed by atoms with Crippen molar-refractivity contribution in [3.63, 3.8) is 0 Å². The van der Waals surface area contributed by atoms with Crippen molar-refractivity contribution in [1.29, 1.82) is 0 Å². The van der Waals surface area contributed by atoms with Crippen molar-refractivity contribution in [2.75, 3.05) is 30.4 Å². The van der Waals surface area contributed by atoms with Gasteiger partial charge in [0.05, 0.1) is 4.90 Å². The number of hydrogen-bond donors (Lipinski definition) is 2. The summed E-state index contributed by atoms with van der Waals surface area (Å²) in [4.78, 5) is 0.0756. The van der Waals surface area contributed by atoms with Gasteiger partial charge in [0.2, 0.25) is 10.0 Å². The van der Waals surface area contributed by atoms with E-state index >= 15 is 0 Å². The van der Waals surface area contributed by atoms with Crippen molar-refractivity contribution in [3.05, 3.63) is 24.3 Å². The van der Waals surface area contributed by atoms with E-state index in [4.69, 9.17) is 10.9 Å². The second-order valence-electron chi connectivity index (χ2n) is 8.03. The number of sulfonamides is 1. The molecule has 1 aromatic carbocycles. The third-order valence-corrected chi connectivity index (χ3v) is 12.0. The van der Waals surface area contributed by atoms with E-state index in [2.05, 4.69) is 27.7 Å². The zero-order valence-corrected chi connectivity index (χ0v) is 20.5. The number of benzene rings is 1. The van der Waals surface area contributed by atoms with Gasteiger partial charge in [0.1, 0.15) is 0 Å². The Morgan fingerprint density at radius 3 is 1.29 bits per heavy atom. The summed E-state index contributed by atoms with van der Waals surface area (Å²) in [6.45, 7) is 9.44. The first-order valence-electron chi connectivity index (χ1n) is 11.1. The number of rotatable bonds is 13. The Morgan fingerprint density at radius 1 is 0.714 bits per heavy atom. The molecule has 4 nitrogen and oxygen atoms in total. The monoisotopic (exact) mass is 432 g/mol. The van der Waals surface area contributed by atoms with Crippen LogP contribution >= 0.6 is 7.26 Å². The minimum atomic E-state index is -3.58. The maximum absolute atomic E-state index is 10.7. The topological polar surface area (TPSA) is 86.2 Å². The van der Waals surface area contributed by atoms with Crippen LogP contribution in [0.1, 0.15) is 79.1 Å². The first-order chi connectivity index (χ1) is 13.2. The van der Waals surface area contributed by atoms with Crippen LogP contribution in [0.4, 0.5) is 5.69 Å². The Hall–Kier alpha value is -0.640. The Kier molecular flexibility index (Phi) is 14.9. The van der Waals surface area contributed by atoms with E-state index in [0.29, 0.717) is 5.69 Å². The van der Waals surface area contributed by atoms with E-state index in [1.54, 1.807) is 24.6 Å². The number of primary sulfonamides is 1. The summed E-state index contributed by atoms with van der Waals surface area (Å²) in [5, 5.41) is 4.84. The third-order valence-electron chi connectivity index (χ3n) is 5.45. The Labute approximate surface area is 175 Å². The predicted octanol–water partition coefficient (Wildman–Crippen LogP) is 5.85. The van der Waals surface area contributed by atoms with Gasteiger partial charge in [-0.3, -0.25) is 0 Å². The fourth-order valence-electron chi connectivity index (χ4n) is 3.61. The van der Waals surface area contributed by atoms with Gasteiger partial charge in [-0.05, 0) is 24.3 Å². The van der Waals surface area contributed by atoms with Crippen molar-refractivity contribution in [2.45, 2.75) is 84.0 Å². The average Bonchev–Trinajstić information content (AvgIpc) is 2.67. The maximum atomic E-state index is 10.7. The number of nitrogen functional groups attached to an aromatic ring is 1. The smallest absolute Gasteiger partial charge is 0.238 e. The second kappa shape index (κ2) is 15.2. The first kappa shape index (κ1) is 27.4. The molecule has 0 radical (unpaired) electrons. The minimum Gasteiger partial charge on any atom is -0.399 e. The predicted molar refractivity (Wildman–Crippen MR) is 130 cm³/mol. The van der Waals surface area contributed by atoms with Gasteiger partial charge in [-0.1, -0.05) is 0 Å². The van der Waals surface area contributed by atoms with E-state index in [1.807, 2.05) is 0 Å². The van der Waals surface area contributed by atoms with Crippen LogP contribution in [0.2, 0.25) is 0 Å². The van der Waals surface area contributed by atoms with Crippen LogP contribution in [0.25, 0.3) is 0 Å². The number of nitrogens with two attached hydrogens (primary N) is 2. The number of unbranched alkanes of at least 4 members (excludes halogenated alkanes) is 4. The van der Waals surface area contributed by atoms with Gasteiger partial charge in [0.25, 0.3) is 0 Å². The van der Waals surface area contributed by atoms with E-state index in [9.17, 15) is 8.42 Å². The summed E-state index contributed by atoms with van der Waals surface area (Å²) in [7, 11) is -4.45. The summed E-state index contributed by atoms with van der Waals surface area (Å²) < 4.78 is 21.4. The van der Waals surface area contributed by atoms with Crippen molar-refractivity contribution in [3.8, 4) is 0 Å². The fraction of sp³-hybridized carbons (Fsp3) is 0.727. The van der Waals surface area contributed by atoms with Crippen molar-refractivity contribution >= 4 is 23.0 Å². The summed E-state index contributed by atoms with van der Waals surface area (Å²) in [5.41, 5.74) is 5.85. The molecule has 6 heteroatoms. The summed E-state index contributed by atoms with van der Waals surface area (Å²) in [6, 6.07) is 5.70. The second-order valence-corrected chi connectivity index (χ2v) is 14.6. The largest absolute Gasteiger partial charge is 0.399 e. The molecule has 166 valence electrons. The molecular formula is C22H45N2O2PS. The molecule has 28 heavy (non-hydrogen) atoms. The molecule has 0 spiro atoms. The summed E-state index contributed by atoms with van der Waals surface area (Å²) >= 11 is 0. The molecule has 1 aromatic rings. The van der Waals surface area contributed by atoms with Gasteiger partial charge < -0.3 is 5.73 Å². The van der Waals surface area contributed by atoms with Crippen molar-refractivity contribution in [1.82, 2.24) is 0 Å². The van der Waals surface area contributed by atoms with Gasteiger partial charge in [-0.25, -0.2) is 13.6 Å². The molecule has 0 saturated carbocycles. The number of hydrogen-bond acceptors (Lipinski definition) is 3. The molecule has 0 fully saturated rings. The van der Waals surface area contributed by atoms with Crippen LogP contribution in [-0.4, -0.2) is 33.1 Å². The van der Waals surface area contributed by atoms with E-state index in [1.165, 1.54) is 75.6 Å². The molecule has 0 unspecified atom stereocenters. The molecule has 0 aromatic heterocycles. The molecule has 0 bridgehead atoms. The summed E-state index contributed by atoms with van der Waals surface area (Å²) in [6.07, 6.45) is 18.1. The zero-order valence-electron chi connectivity index (χ0n) is 18.7. The van der Waals surface area contributed by atoms with Crippen LogP contribution < -0.4 is 10.9 Å². The average molecular weight is 433 g/mol. The normalized spacial score (nSPS) is 12.3. The maximum Gasteiger partial charge on any atom is 0.238 e. The van der Waals surface area contributed by atoms with Gasteiger partial charge in [-0.2, -0.15) is 0 Å². The number of anilines is 1.